The zero-order valence-corrected chi connectivity index (χ0v) is 12.3. The number of hydrogen-bond donors (Lipinski definition) is 0. The van der Waals surface area contributed by atoms with E-state index in [0.29, 0.717) is 11.7 Å². The summed E-state index contributed by atoms with van der Waals surface area (Å²) >= 11 is 0. The smallest absolute Gasteiger partial charge is 0.231 e. The van der Waals surface area contributed by atoms with Gasteiger partial charge in [-0.2, -0.15) is 4.98 Å². The summed E-state index contributed by atoms with van der Waals surface area (Å²) in [6, 6.07) is 0. The molecule has 1 fully saturated rings. The number of aromatic nitrogens is 4. The van der Waals surface area contributed by atoms with E-state index in [1.54, 1.807) is 0 Å². The van der Waals surface area contributed by atoms with Crippen LogP contribution >= 0.6 is 0 Å². The maximum Gasteiger partial charge on any atom is 0.231 e. The largest absolute Gasteiger partial charge is 0.355 e. The molecular formula is C14H19N5O. The molecule has 3 rings (SSSR count). The molecule has 0 radical (unpaired) electrons. The van der Waals surface area contributed by atoms with E-state index in [1.165, 1.54) is 0 Å². The summed E-state index contributed by atoms with van der Waals surface area (Å²) in [5.41, 5.74) is 2.20. The lowest BCUT2D eigenvalue weighted by atomic mass is 10.1. The van der Waals surface area contributed by atoms with Crippen LogP contribution in [0.3, 0.4) is 0 Å². The maximum atomic E-state index is 5.29. The summed E-state index contributed by atoms with van der Waals surface area (Å²) in [5.74, 6) is 3.59. The van der Waals surface area contributed by atoms with Crippen molar-refractivity contribution in [1.82, 2.24) is 20.1 Å². The lowest BCUT2D eigenvalue weighted by molar-refractivity contribution is 0.356. The van der Waals surface area contributed by atoms with Gasteiger partial charge < -0.3 is 9.42 Å². The Morgan fingerprint density at radius 2 is 1.85 bits per heavy atom. The van der Waals surface area contributed by atoms with E-state index in [1.807, 2.05) is 20.8 Å². The fourth-order valence-corrected chi connectivity index (χ4v) is 2.69. The van der Waals surface area contributed by atoms with Crippen LogP contribution in [0.15, 0.2) is 4.52 Å². The van der Waals surface area contributed by atoms with Crippen molar-refractivity contribution in [3.8, 4) is 0 Å². The molecule has 2 aromatic rings. The highest BCUT2D eigenvalue weighted by molar-refractivity contribution is 5.49. The summed E-state index contributed by atoms with van der Waals surface area (Å²) < 4.78 is 5.29. The van der Waals surface area contributed by atoms with Crippen molar-refractivity contribution in [2.24, 2.45) is 0 Å². The number of hydrogen-bond acceptors (Lipinski definition) is 6. The van der Waals surface area contributed by atoms with Gasteiger partial charge in [0, 0.05) is 24.3 Å². The van der Waals surface area contributed by atoms with Crippen LogP contribution in [0.5, 0.6) is 0 Å². The van der Waals surface area contributed by atoms with Gasteiger partial charge in [-0.3, -0.25) is 0 Å². The summed E-state index contributed by atoms with van der Waals surface area (Å²) in [6.45, 7) is 9.73. The van der Waals surface area contributed by atoms with E-state index in [2.05, 4.69) is 31.9 Å². The van der Waals surface area contributed by atoms with Crippen molar-refractivity contribution in [3.05, 3.63) is 28.8 Å². The third-order valence-electron chi connectivity index (χ3n) is 3.86. The first kappa shape index (κ1) is 13.0. The SMILES string of the molecule is Cc1noc([C@@H]2CCN(c3nc(C)nc(C)c3C)C2)n1. The van der Waals surface area contributed by atoms with Crippen molar-refractivity contribution in [2.75, 3.05) is 18.0 Å². The van der Waals surface area contributed by atoms with Gasteiger partial charge in [0.05, 0.1) is 5.92 Å². The molecule has 1 aliphatic heterocycles. The maximum absolute atomic E-state index is 5.29. The predicted octanol–water partition coefficient (Wildman–Crippen LogP) is 2.09. The van der Waals surface area contributed by atoms with Crippen LogP contribution in [0, 0.1) is 27.7 Å². The van der Waals surface area contributed by atoms with Gasteiger partial charge >= 0.3 is 0 Å². The second-order valence-electron chi connectivity index (χ2n) is 5.42. The van der Waals surface area contributed by atoms with Crippen molar-refractivity contribution >= 4 is 5.82 Å². The van der Waals surface area contributed by atoms with Crippen molar-refractivity contribution in [3.63, 3.8) is 0 Å². The van der Waals surface area contributed by atoms with Crippen molar-refractivity contribution in [2.45, 2.75) is 40.0 Å². The van der Waals surface area contributed by atoms with Gasteiger partial charge in [-0.05, 0) is 34.1 Å². The topological polar surface area (TPSA) is 67.9 Å². The van der Waals surface area contributed by atoms with Gasteiger partial charge in [0.15, 0.2) is 5.82 Å². The molecule has 1 atom stereocenters. The van der Waals surface area contributed by atoms with Gasteiger partial charge in [0.1, 0.15) is 11.6 Å². The third kappa shape index (κ3) is 2.26. The fourth-order valence-electron chi connectivity index (χ4n) is 2.69. The standard InChI is InChI=1S/C14H19N5O/c1-8-9(2)15-10(3)16-13(8)19-6-5-12(7-19)14-17-11(4)18-20-14/h12H,5-7H2,1-4H3/t12-/m1/s1. The van der Waals surface area contributed by atoms with Crippen molar-refractivity contribution in [1.29, 1.82) is 0 Å². The van der Waals surface area contributed by atoms with E-state index in [9.17, 15) is 0 Å². The quantitative estimate of drug-likeness (QED) is 0.834. The summed E-state index contributed by atoms with van der Waals surface area (Å²) in [6.07, 6.45) is 1.02. The first-order chi connectivity index (χ1) is 9.54. The predicted molar refractivity (Wildman–Crippen MR) is 74.8 cm³/mol. The molecule has 1 aliphatic rings. The lowest BCUT2D eigenvalue weighted by Crippen LogP contribution is -2.22. The van der Waals surface area contributed by atoms with E-state index in [0.717, 1.165) is 48.3 Å². The zero-order chi connectivity index (χ0) is 14.3. The molecule has 0 bridgehead atoms. The van der Waals surface area contributed by atoms with E-state index in [4.69, 9.17) is 4.52 Å². The summed E-state index contributed by atoms with van der Waals surface area (Å²) in [7, 11) is 0. The fraction of sp³-hybridized carbons (Fsp3) is 0.571. The number of anilines is 1. The van der Waals surface area contributed by atoms with Gasteiger partial charge in [-0.15, -0.1) is 0 Å². The minimum atomic E-state index is 0.297. The number of nitrogens with zero attached hydrogens (tertiary/aromatic N) is 5. The Labute approximate surface area is 118 Å². The molecule has 0 N–H and O–H groups in total. The average Bonchev–Trinajstić information content (AvgIpc) is 3.02. The minimum Gasteiger partial charge on any atom is -0.355 e. The number of aryl methyl sites for hydroxylation is 3. The van der Waals surface area contributed by atoms with Gasteiger partial charge in [0.25, 0.3) is 0 Å². The zero-order valence-electron chi connectivity index (χ0n) is 12.3. The molecule has 106 valence electrons. The second kappa shape index (κ2) is 4.85. The van der Waals surface area contributed by atoms with E-state index in [-0.39, 0.29) is 0 Å². The van der Waals surface area contributed by atoms with Gasteiger partial charge in [0.2, 0.25) is 5.89 Å². The Kier molecular flexibility index (Phi) is 3.16. The second-order valence-corrected chi connectivity index (χ2v) is 5.42. The van der Waals surface area contributed by atoms with E-state index < -0.39 is 0 Å². The van der Waals surface area contributed by atoms with Gasteiger partial charge in [-0.1, -0.05) is 5.16 Å². The molecule has 0 aliphatic carbocycles. The minimum absolute atomic E-state index is 0.297. The van der Waals surface area contributed by atoms with Crippen LogP contribution in [-0.2, 0) is 0 Å². The highest BCUT2D eigenvalue weighted by Crippen LogP contribution is 2.31. The molecule has 6 heteroatoms. The highest BCUT2D eigenvalue weighted by Gasteiger charge is 2.30. The molecule has 6 nitrogen and oxygen atoms in total. The van der Waals surface area contributed by atoms with Crippen LogP contribution in [-0.4, -0.2) is 33.2 Å². The molecule has 0 aromatic carbocycles. The summed E-state index contributed by atoms with van der Waals surface area (Å²) in [5, 5.41) is 3.87. The van der Waals surface area contributed by atoms with E-state index >= 15 is 0 Å². The normalized spacial score (nSPS) is 18.8. The van der Waals surface area contributed by atoms with Crippen LogP contribution in [0.4, 0.5) is 5.82 Å². The first-order valence-electron chi connectivity index (χ1n) is 6.91. The van der Waals surface area contributed by atoms with Crippen LogP contribution in [0.1, 0.15) is 41.1 Å². The number of rotatable bonds is 2. The molecule has 0 unspecified atom stereocenters. The molecule has 0 saturated carbocycles. The molecule has 0 spiro atoms. The average molecular weight is 273 g/mol. The van der Waals surface area contributed by atoms with Crippen molar-refractivity contribution < 1.29 is 4.52 Å². The summed E-state index contributed by atoms with van der Waals surface area (Å²) in [4.78, 5) is 15.6. The third-order valence-corrected chi connectivity index (χ3v) is 3.86. The molecule has 3 heterocycles. The Hall–Kier alpha value is -1.98. The molecular weight excluding hydrogens is 254 g/mol. The van der Waals surface area contributed by atoms with Crippen LogP contribution < -0.4 is 4.90 Å². The molecule has 0 amide bonds. The Balaban J connectivity index is 1.84. The molecule has 2 aromatic heterocycles. The van der Waals surface area contributed by atoms with Crippen LogP contribution in [0.25, 0.3) is 0 Å². The monoisotopic (exact) mass is 273 g/mol. The Morgan fingerprint density at radius 1 is 1.05 bits per heavy atom. The molecule has 1 saturated heterocycles. The van der Waals surface area contributed by atoms with Gasteiger partial charge in [-0.25, -0.2) is 9.97 Å². The van der Waals surface area contributed by atoms with Crippen LogP contribution in [0.2, 0.25) is 0 Å². The highest BCUT2D eigenvalue weighted by atomic mass is 16.5. The molecule has 20 heavy (non-hydrogen) atoms. The lowest BCUT2D eigenvalue weighted by Gasteiger charge is -2.20. The first-order valence-corrected chi connectivity index (χ1v) is 6.91. The Bertz CT molecular complexity index is 636. The Morgan fingerprint density at radius 3 is 2.55 bits per heavy atom.